The van der Waals surface area contributed by atoms with Crippen molar-refractivity contribution >= 4 is 12.1 Å². The van der Waals surface area contributed by atoms with Crippen molar-refractivity contribution in [3.8, 4) is 11.5 Å². The SMILES string of the molecule is CCOC(=O)NNC(=O)NCC1COc2ccccc2O1. The van der Waals surface area contributed by atoms with Crippen molar-refractivity contribution in [3.05, 3.63) is 24.3 Å². The lowest BCUT2D eigenvalue weighted by Gasteiger charge is -2.26. The fraction of sp³-hybridized carbons (Fsp3) is 0.385. The van der Waals surface area contributed by atoms with E-state index in [1.165, 1.54) is 0 Å². The Morgan fingerprint density at radius 1 is 1.29 bits per heavy atom. The first-order valence-corrected chi connectivity index (χ1v) is 6.54. The van der Waals surface area contributed by atoms with E-state index in [-0.39, 0.29) is 19.3 Å². The molecule has 114 valence electrons. The summed E-state index contributed by atoms with van der Waals surface area (Å²) in [7, 11) is 0. The summed E-state index contributed by atoms with van der Waals surface area (Å²) in [6.07, 6.45) is -1.02. The fourth-order valence-electron chi connectivity index (χ4n) is 1.69. The molecule has 1 aliphatic heterocycles. The molecule has 3 amide bonds. The number of urea groups is 1. The zero-order chi connectivity index (χ0) is 15.1. The maximum absolute atomic E-state index is 11.5. The molecule has 0 bridgehead atoms. The maximum atomic E-state index is 11.5. The van der Waals surface area contributed by atoms with Gasteiger partial charge in [0.2, 0.25) is 0 Å². The van der Waals surface area contributed by atoms with Gasteiger partial charge in [-0.1, -0.05) is 12.1 Å². The summed E-state index contributed by atoms with van der Waals surface area (Å²) >= 11 is 0. The fourth-order valence-corrected chi connectivity index (χ4v) is 1.69. The van der Waals surface area contributed by atoms with Crippen molar-refractivity contribution < 1.29 is 23.8 Å². The summed E-state index contributed by atoms with van der Waals surface area (Å²) in [5.41, 5.74) is 4.25. The summed E-state index contributed by atoms with van der Waals surface area (Å²) in [5.74, 6) is 1.32. The quantitative estimate of drug-likeness (QED) is 0.716. The van der Waals surface area contributed by atoms with E-state index in [1.54, 1.807) is 13.0 Å². The van der Waals surface area contributed by atoms with Crippen molar-refractivity contribution in [3.63, 3.8) is 0 Å². The van der Waals surface area contributed by atoms with Crippen molar-refractivity contribution in [1.82, 2.24) is 16.2 Å². The highest BCUT2D eigenvalue weighted by Gasteiger charge is 2.20. The van der Waals surface area contributed by atoms with E-state index in [2.05, 4.69) is 20.9 Å². The summed E-state index contributed by atoms with van der Waals surface area (Å²) in [4.78, 5) is 22.4. The normalized spacial score (nSPS) is 15.8. The van der Waals surface area contributed by atoms with Crippen LogP contribution in [0, 0.1) is 0 Å². The lowest BCUT2D eigenvalue weighted by molar-refractivity contribution is 0.0915. The van der Waals surface area contributed by atoms with Crippen molar-refractivity contribution in [2.75, 3.05) is 19.8 Å². The molecule has 8 heteroatoms. The molecule has 1 heterocycles. The summed E-state index contributed by atoms with van der Waals surface area (Å²) in [6.45, 7) is 2.47. The standard InChI is InChI=1S/C13H17N3O5/c1-2-19-13(18)16-15-12(17)14-7-9-8-20-10-5-3-4-6-11(10)21-9/h3-6,9H,2,7-8H2,1H3,(H,16,18)(H2,14,15,17). The topological polar surface area (TPSA) is 97.9 Å². The number of fused-ring (bicyclic) bond motifs is 1. The number of carbonyl (C=O) groups excluding carboxylic acids is 2. The average Bonchev–Trinajstić information content (AvgIpc) is 2.51. The molecule has 0 saturated carbocycles. The van der Waals surface area contributed by atoms with Crippen LogP contribution < -0.4 is 25.6 Å². The number of hydrogen-bond donors (Lipinski definition) is 3. The molecular formula is C13H17N3O5. The van der Waals surface area contributed by atoms with Gasteiger partial charge in [0.25, 0.3) is 0 Å². The zero-order valence-electron chi connectivity index (χ0n) is 11.5. The lowest BCUT2D eigenvalue weighted by Crippen LogP contribution is -2.50. The first-order valence-electron chi connectivity index (χ1n) is 6.54. The van der Waals surface area contributed by atoms with Crippen molar-refractivity contribution in [2.24, 2.45) is 0 Å². The van der Waals surface area contributed by atoms with Gasteiger partial charge < -0.3 is 19.5 Å². The van der Waals surface area contributed by atoms with Crippen LogP contribution in [0.4, 0.5) is 9.59 Å². The molecule has 0 saturated heterocycles. The van der Waals surface area contributed by atoms with Crippen LogP contribution in [0.1, 0.15) is 6.92 Å². The van der Waals surface area contributed by atoms with E-state index in [0.717, 1.165) is 0 Å². The van der Waals surface area contributed by atoms with E-state index in [1.807, 2.05) is 18.2 Å². The van der Waals surface area contributed by atoms with Crippen LogP contribution >= 0.6 is 0 Å². The van der Waals surface area contributed by atoms with E-state index in [4.69, 9.17) is 9.47 Å². The summed E-state index contributed by atoms with van der Waals surface area (Å²) < 4.78 is 15.8. The number of hydrogen-bond acceptors (Lipinski definition) is 5. The smallest absolute Gasteiger partial charge is 0.426 e. The third-order valence-electron chi connectivity index (χ3n) is 2.61. The number of benzene rings is 1. The molecule has 3 N–H and O–H groups in total. The molecule has 21 heavy (non-hydrogen) atoms. The first kappa shape index (κ1) is 14.8. The van der Waals surface area contributed by atoms with Gasteiger partial charge in [-0.25, -0.2) is 20.4 Å². The third-order valence-corrected chi connectivity index (χ3v) is 2.61. The maximum Gasteiger partial charge on any atom is 0.426 e. The second-order valence-corrected chi connectivity index (χ2v) is 4.18. The summed E-state index contributed by atoms with van der Waals surface area (Å²) in [6, 6.07) is 6.74. The molecule has 0 radical (unpaired) electrons. The van der Waals surface area contributed by atoms with Gasteiger partial charge in [-0.2, -0.15) is 0 Å². The Bertz CT molecular complexity index is 508. The molecule has 2 rings (SSSR count). The minimum absolute atomic E-state index is 0.224. The van der Waals surface area contributed by atoms with Gasteiger partial charge in [-0.3, -0.25) is 0 Å². The van der Waals surface area contributed by atoms with Crippen LogP contribution in [0.3, 0.4) is 0 Å². The van der Waals surface area contributed by atoms with E-state index in [0.29, 0.717) is 18.1 Å². The van der Waals surface area contributed by atoms with Gasteiger partial charge in [0.1, 0.15) is 6.61 Å². The van der Waals surface area contributed by atoms with Gasteiger partial charge in [0.05, 0.1) is 13.2 Å². The second-order valence-electron chi connectivity index (χ2n) is 4.18. The highest BCUT2D eigenvalue weighted by Crippen LogP contribution is 2.30. The van der Waals surface area contributed by atoms with E-state index < -0.39 is 12.1 Å². The first-order chi connectivity index (χ1) is 10.2. The third kappa shape index (κ3) is 4.44. The Morgan fingerprint density at radius 2 is 2.05 bits per heavy atom. The number of ether oxygens (including phenoxy) is 3. The lowest BCUT2D eigenvalue weighted by atomic mass is 10.2. The predicted molar refractivity (Wildman–Crippen MR) is 73.0 cm³/mol. The molecule has 0 aliphatic carbocycles. The van der Waals surface area contributed by atoms with Crippen LogP contribution in [-0.2, 0) is 4.74 Å². The largest absolute Gasteiger partial charge is 0.486 e. The Morgan fingerprint density at radius 3 is 2.81 bits per heavy atom. The highest BCUT2D eigenvalue weighted by atomic mass is 16.6. The van der Waals surface area contributed by atoms with Crippen LogP contribution in [0.15, 0.2) is 24.3 Å². The average molecular weight is 295 g/mol. The molecule has 1 aromatic rings. The number of hydrazine groups is 1. The predicted octanol–water partition coefficient (Wildman–Crippen LogP) is 0.787. The van der Waals surface area contributed by atoms with Crippen molar-refractivity contribution in [1.29, 1.82) is 0 Å². The van der Waals surface area contributed by atoms with Crippen LogP contribution in [-0.4, -0.2) is 38.0 Å². The van der Waals surface area contributed by atoms with Gasteiger partial charge >= 0.3 is 12.1 Å². The van der Waals surface area contributed by atoms with E-state index >= 15 is 0 Å². The number of amides is 3. The molecule has 0 spiro atoms. The molecular weight excluding hydrogens is 278 g/mol. The van der Waals surface area contributed by atoms with Crippen molar-refractivity contribution in [2.45, 2.75) is 13.0 Å². The second kappa shape index (κ2) is 7.22. The van der Waals surface area contributed by atoms with Gasteiger partial charge in [-0.05, 0) is 19.1 Å². The molecule has 1 aliphatic rings. The molecule has 0 fully saturated rings. The Balaban J connectivity index is 1.70. The summed E-state index contributed by atoms with van der Waals surface area (Å²) in [5, 5.41) is 2.56. The zero-order valence-corrected chi connectivity index (χ0v) is 11.5. The number of rotatable bonds is 3. The minimum Gasteiger partial charge on any atom is -0.486 e. The molecule has 1 unspecified atom stereocenters. The van der Waals surface area contributed by atoms with Gasteiger partial charge in [0.15, 0.2) is 17.6 Å². The highest BCUT2D eigenvalue weighted by molar-refractivity contribution is 5.77. The minimum atomic E-state index is -0.723. The Labute approximate surface area is 121 Å². The molecule has 1 aromatic carbocycles. The van der Waals surface area contributed by atoms with Gasteiger partial charge in [0, 0.05) is 0 Å². The monoisotopic (exact) mass is 295 g/mol. The van der Waals surface area contributed by atoms with Crippen LogP contribution in [0.2, 0.25) is 0 Å². The van der Waals surface area contributed by atoms with Crippen LogP contribution in [0.5, 0.6) is 11.5 Å². The molecule has 0 aromatic heterocycles. The number of nitrogens with one attached hydrogen (secondary N) is 3. The van der Waals surface area contributed by atoms with Crippen LogP contribution in [0.25, 0.3) is 0 Å². The Kier molecular flexibility index (Phi) is 5.08. The molecule has 8 nitrogen and oxygen atoms in total. The Hall–Kier alpha value is -2.64. The molecule has 1 atom stereocenters. The van der Waals surface area contributed by atoms with E-state index in [9.17, 15) is 9.59 Å². The van der Waals surface area contributed by atoms with Gasteiger partial charge in [-0.15, -0.1) is 0 Å². The number of para-hydroxylation sites is 2. The number of carbonyl (C=O) groups is 2.